The predicted molar refractivity (Wildman–Crippen MR) is 72.2 cm³/mol. The number of aromatic nitrogens is 1. The summed E-state index contributed by atoms with van der Waals surface area (Å²) in [5.74, 6) is -0.163. The van der Waals surface area contributed by atoms with E-state index < -0.39 is 17.8 Å². The monoisotopic (exact) mass is 325 g/mol. The minimum atomic E-state index is -4.49. The second kappa shape index (κ2) is 7.46. The summed E-state index contributed by atoms with van der Waals surface area (Å²) in [4.78, 5) is 15.0. The van der Waals surface area contributed by atoms with Crippen LogP contribution in [-0.2, 0) is 15.7 Å². The fourth-order valence-electron chi connectivity index (χ4n) is 1.34. The molecule has 0 fully saturated rings. The van der Waals surface area contributed by atoms with Crippen LogP contribution in [0.4, 0.5) is 19.0 Å². The number of nitrogens with zero attached hydrogens (tertiary/aromatic N) is 1. The molecule has 1 rings (SSSR count). The average molecular weight is 326 g/mol. The van der Waals surface area contributed by atoms with Gasteiger partial charge >= 0.3 is 6.18 Å². The summed E-state index contributed by atoms with van der Waals surface area (Å²) >= 11 is 5.72. The number of nitrogens with one attached hydrogen (secondary N) is 2. The van der Waals surface area contributed by atoms with Crippen molar-refractivity contribution in [2.75, 3.05) is 25.5 Å². The first-order valence-corrected chi connectivity index (χ1v) is 6.40. The van der Waals surface area contributed by atoms with Crippen molar-refractivity contribution in [2.45, 2.75) is 19.2 Å². The predicted octanol–water partition coefficient (Wildman–Crippen LogP) is 2.32. The third kappa shape index (κ3) is 5.39. The molecule has 0 saturated heterocycles. The van der Waals surface area contributed by atoms with Crippen LogP contribution in [0.15, 0.2) is 12.3 Å². The number of hydrogen-bond donors (Lipinski definition) is 2. The quantitative estimate of drug-likeness (QED) is 0.788. The first-order chi connectivity index (χ1) is 9.75. The number of methoxy groups -OCH3 is 1. The number of carbonyl (C=O) groups is 1. The topological polar surface area (TPSA) is 63.2 Å². The van der Waals surface area contributed by atoms with Crippen molar-refractivity contribution in [3.05, 3.63) is 22.8 Å². The van der Waals surface area contributed by atoms with Gasteiger partial charge in [0, 0.05) is 26.4 Å². The van der Waals surface area contributed by atoms with E-state index in [9.17, 15) is 18.0 Å². The number of pyridine rings is 1. The van der Waals surface area contributed by atoms with Crippen LogP contribution in [0.1, 0.15) is 12.5 Å². The molecule has 0 radical (unpaired) electrons. The lowest BCUT2D eigenvalue weighted by atomic mass is 10.3. The van der Waals surface area contributed by atoms with Crippen LogP contribution in [-0.4, -0.2) is 37.2 Å². The minimum absolute atomic E-state index is 0.124. The molecular formula is C12H15ClF3N3O2. The molecule has 0 aliphatic carbocycles. The van der Waals surface area contributed by atoms with Crippen molar-refractivity contribution < 1.29 is 22.7 Å². The number of halogens is 4. The Morgan fingerprint density at radius 1 is 1.48 bits per heavy atom. The maximum absolute atomic E-state index is 12.4. The van der Waals surface area contributed by atoms with E-state index in [-0.39, 0.29) is 29.8 Å². The lowest BCUT2D eigenvalue weighted by molar-refractivity contribution is -0.137. The van der Waals surface area contributed by atoms with Gasteiger partial charge in [-0.1, -0.05) is 11.6 Å². The van der Waals surface area contributed by atoms with Crippen LogP contribution < -0.4 is 10.6 Å². The van der Waals surface area contributed by atoms with Gasteiger partial charge in [0.2, 0.25) is 5.91 Å². The summed E-state index contributed by atoms with van der Waals surface area (Å²) in [7, 11) is 1.41. The zero-order valence-corrected chi connectivity index (χ0v) is 12.2. The van der Waals surface area contributed by atoms with E-state index in [1.54, 1.807) is 6.92 Å². The molecule has 0 bridgehead atoms. The Bertz CT molecular complexity index is 497. The number of amides is 1. The van der Waals surface area contributed by atoms with Crippen LogP contribution in [0.25, 0.3) is 0 Å². The molecule has 1 unspecified atom stereocenters. The zero-order valence-electron chi connectivity index (χ0n) is 11.4. The standard InChI is InChI=1S/C12H15ClF3N3O2/c1-7(21-2)11(20)18-4-3-17-10-9(13)5-8(6-19-10)12(14,15)16/h5-7H,3-4H2,1-2H3,(H,17,19)(H,18,20). The van der Waals surface area contributed by atoms with Gasteiger partial charge in [-0.2, -0.15) is 13.2 Å². The fraction of sp³-hybridized carbons (Fsp3) is 0.500. The molecule has 1 aromatic rings. The SMILES string of the molecule is COC(C)C(=O)NCCNc1ncc(C(F)(F)F)cc1Cl. The van der Waals surface area contributed by atoms with Crippen molar-refractivity contribution in [2.24, 2.45) is 0 Å². The van der Waals surface area contributed by atoms with Crippen molar-refractivity contribution >= 4 is 23.3 Å². The first kappa shape index (κ1) is 17.5. The lowest BCUT2D eigenvalue weighted by Crippen LogP contribution is -2.36. The highest BCUT2D eigenvalue weighted by atomic mass is 35.5. The van der Waals surface area contributed by atoms with E-state index in [0.29, 0.717) is 6.20 Å². The maximum Gasteiger partial charge on any atom is 0.417 e. The average Bonchev–Trinajstić information content (AvgIpc) is 2.42. The maximum atomic E-state index is 12.4. The summed E-state index contributed by atoms with van der Waals surface area (Å²) in [6.07, 6.45) is -4.36. The normalized spacial score (nSPS) is 12.9. The van der Waals surface area contributed by atoms with E-state index in [1.165, 1.54) is 7.11 Å². The minimum Gasteiger partial charge on any atom is -0.372 e. The van der Waals surface area contributed by atoms with Crippen LogP contribution in [0.2, 0.25) is 5.02 Å². The zero-order chi connectivity index (χ0) is 16.0. The van der Waals surface area contributed by atoms with Crippen LogP contribution >= 0.6 is 11.6 Å². The smallest absolute Gasteiger partial charge is 0.372 e. The molecule has 2 N–H and O–H groups in total. The van der Waals surface area contributed by atoms with Gasteiger partial charge in [0.15, 0.2) is 0 Å². The summed E-state index contributed by atoms with van der Waals surface area (Å²) in [5.41, 5.74) is -0.916. The highest BCUT2D eigenvalue weighted by molar-refractivity contribution is 6.32. The Kier molecular flexibility index (Phi) is 6.22. The number of alkyl halides is 3. The fourth-order valence-corrected chi connectivity index (χ4v) is 1.57. The summed E-state index contributed by atoms with van der Waals surface area (Å²) in [5, 5.41) is 5.18. The van der Waals surface area contributed by atoms with Gasteiger partial charge in [-0.15, -0.1) is 0 Å². The molecular weight excluding hydrogens is 311 g/mol. The van der Waals surface area contributed by atoms with Gasteiger partial charge in [-0.05, 0) is 13.0 Å². The third-order valence-electron chi connectivity index (χ3n) is 2.61. The largest absolute Gasteiger partial charge is 0.417 e. The van der Waals surface area contributed by atoms with Crippen molar-refractivity contribution in [3.8, 4) is 0 Å². The molecule has 1 heterocycles. The van der Waals surface area contributed by atoms with Crippen LogP contribution in [0.3, 0.4) is 0 Å². The Morgan fingerprint density at radius 2 is 2.14 bits per heavy atom. The van der Waals surface area contributed by atoms with Crippen molar-refractivity contribution in [3.63, 3.8) is 0 Å². The van der Waals surface area contributed by atoms with Crippen LogP contribution in [0.5, 0.6) is 0 Å². The molecule has 0 aliphatic rings. The number of carbonyl (C=O) groups excluding carboxylic acids is 1. The summed E-state index contributed by atoms with van der Waals surface area (Å²) < 4.78 is 42.1. The highest BCUT2D eigenvalue weighted by Gasteiger charge is 2.31. The lowest BCUT2D eigenvalue weighted by Gasteiger charge is -2.12. The highest BCUT2D eigenvalue weighted by Crippen LogP contribution is 2.32. The molecule has 1 aromatic heterocycles. The Morgan fingerprint density at radius 3 is 2.67 bits per heavy atom. The van der Waals surface area contributed by atoms with Crippen molar-refractivity contribution in [1.29, 1.82) is 0 Å². The van der Waals surface area contributed by atoms with E-state index in [2.05, 4.69) is 15.6 Å². The Balaban J connectivity index is 2.48. The Labute approximate surface area is 124 Å². The van der Waals surface area contributed by atoms with Gasteiger partial charge in [0.25, 0.3) is 0 Å². The molecule has 5 nitrogen and oxygen atoms in total. The van der Waals surface area contributed by atoms with E-state index >= 15 is 0 Å². The molecule has 21 heavy (non-hydrogen) atoms. The van der Waals surface area contributed by atoms with Crippen molar-refractivity contribution in [1.82, 2.24) is 10.3 Å². The van der Waals surface area contributed by atoms with Gasteiger partial charge < -0.3 is 15.4 Å². The van der Waals surface area contributed by atoms with E-state index in [4.69, 9.17) is 16.3 Å². The first-order valence-electron chi connectivity index (χ1n) is 6.02. The number of rotatable bonds is 6. The van der Waals surface area contributed by atoms with Gasteiger partial charge in [0.05, 0.1) is 10.6 Å². The molecule has 0 aliphatic heterocycles. The van der Waals surface area contributed by atoms with Crippen LogP contribution in [0, 0.1) is 0 Å². The summed E-state index contributed by atoms with van der Waals surface area (Å²) in [6, 6.07) is 0.794. The molecule has 9 heteroatoms. The number of anilines is 1. The van der Waals surface area contributed by atoms with Gasteiger partial charge in [-0.25, -0.2) is 4.98 Å². The second-order valence-corrected chi connectivity index (χ2v) is 4.56. The molecule has 0 spiro atoms. The second-order valence-electron chi connectivity index (χ2n) is 4.15. The molecule has 1 atom stereocenters. The van der Waals surface area contributed by atoms with E-state index in [0.717, 1.165) is 6.07 Å². The third-order valence-corrected chi connectivity index (χ3v) is 2.90. The summed E-state index contributed by atoms with van der Waals surface area (Å²) in [6.45, 7) is 2.11. The Hall–Kier alpha value is -1.54. The molecule has 1 amide bonds. The van der Waals surface area contributed by atoms with Gasteiger partial charge in [0.1, 0.15) is 11.9 Å². The number of hydrogen-bond acceptors (Lipinski definition) is 4. The molecule has 0 saturated carbocycles. The molecule has 118 valence electrons. The van der Waals surface area contributed by atoms with E-state index in [1.807, 2.05) is 0 Å². The molecule has 0 aromatic carbocycles. The van der Waals surface area contributed by atoms with Gasteiger partial charge in [-0.3, -0.25) is 4.79 Å². The number of ether oxygens (including phenoxy) is 1.